The lowest BCUT2D eigenvalue weighted by molar-refractivity contribution is 0.330. The number of hydrogen-bond acceptors (Lipinski definition) is 3. The molecule has 0 atom stereocenters. The molecule has 1 fully saturated rings. The predicted octanol–water partition coefficient (Wildman–Crippen LogP) is 5.64. The molecule has 3 nitrogen and oxygen atoms in total. The lowest BCUT2D eigenvalue weighted by Gasteiger charge is -2.38. The summed E-state index contributed by atoms with van der Waals surface area (Å²) in [4.78, 5) is 0. The van der Waals surface area contributed by atoms with E-state index in [4.69, 9.17) is 9.05 Å². The zero-order valence-corrected chi connectivity index (χ0v) is 15.5. The number of rotatable bonds is 4. The number of benzene rings is 3. The van der Waals surface area contributed by atoms with Gasteiger partial charge in [0.05, 0.1) is 13.2 Å². The number of hydrogen-bond donors (Lipinski definition) is 0. The van der Waals surface area contributed by atoms with Crippen molar-refractivity contribution < 1.29 is 26.8 Å². The molecule has 144 valence electrons. The van der Waals surface area contributed by atoms with E-state index in [9.17, 15) is 17.7 Å². The van der Waals surface area contributed by atoms with Crippen LogP contribution in [-0.2, 0) is 18.8 Å². The van der Waals surface area contributed by atoms with Crippen molar-refractivity contribution in [1.29, 1.82) is 0 Å². The predicted molar refractivity (Wildman–Crippen MR) is 98.6 cm³/mol. The van der Waals surface area contributed by atoms with E-state index in [2.05, 4.69) is 0 Å². The van der Waals surface area contributed by atoms with Crippen molar-refractivity contribution in [3.05, 3.63) is 107 Å². The van der Waals surface area contributed by atoms with Gasteiger partial charge in [-0.05, 0) is 53.1 Å². The molecule has 3 aromatic rings. The molecule has 0 N–H and O–H groups in total. The van der Waals surface area contributed by atoms with Crippen LogP contribution in [-0.4, -0.2) is 13.2 Å². The van der Waals surface area contributed by atoms with Crippen LogP contribution in [0, 0.1) is 17.5 Å². The van der Waals surface area contributed by atoms with Crippen molar-refractivity contribution >= 4 is 7.60 Å². The standard InChI is InChI=1S/C21H16F3O3P/c22-18-7-1-15(2-8-18)21(28(25)26-13-14-27-28,16-3-9-19(23)10-4-16)17-5-11-20(24)12-6-17/h1-12H,13-14H2. The minimum absolute atomic E-state index is 0.114. The van der Waals surface area contributed by atoms with E-state index in [1.807, 2.05) is 0 Å². The van der Waals surface area contributed by atoms with Gasteiger partial charge in [0.25, 0.3) is 0 Å². The zero-order valence-electron chi connectivity index (χ0n) is 14.6. The van der Waals surface area contributed by atoms with E-state index in [0.29, 0.717) is 16.7 Å². The first kappa shape index (κ1) is 18.9. The van der Waals surface area contributed by atoms with Gasteiger partial charge in [-0.15, -0.1) is 0 Å². The highest BCUT2D eigenvalue weighted by molar-refractivity contribution is 7.56. The van der Waals surface area contributed by atoms with E-state index in [-0.39, 0.29) is 13.2 Å². The van der Waals surface area contributed by atoms with Crippen molar-refractivity contribution in [2.75, 3.05) is 13.2 Å². The van der Waals surface area contributed by atoms with E-state index in [1.54, 1.807) is 0 Å². The van der Waals surface area contributed by atoms with Gasteiger partial charge in [-0.3, -0.25) is 4.57 Å². The molecular weight excluding hydrogens is 388 g/mol. The quantitative estimate of drug-likeness (QED) is 0.417. The lowest BCUT2D eigenvalue weighted by atomic mass is 9.84. The normalized spacial score (nSPS) is 16.2. The molecular formula is C21H16F3O3P. The molecule has 0 aliphatic carbocycles. The Hall–Kier alpha value is -2.40. The average Bonchev–Trinajstić information content (AvgIpc) is 3.14. The van der Waals surface area contributed by atoms with Crippen molar-refractivity contribution in [3.63, 3.8) is 0 Å². The van der Waals surface area contributed by atoms with Crippen molar-refractivity contribution in [1.82, 2.24) is 0 Å². The summed E-state index contributed by atoms with van der Waals surface area (Å²) in [5, 5.41) is -1.52. The van der Waals surface area contributed by atoms with Crippen molar-refractivity contribution in [3.8, 4) is 0 Å². The minimum atomic E-state index is -3.89. The fourth-order valence-corrected chi connectivity index (χ4v) is 6.08. The molecule has 0 aromatic heterocycles. The monoisotopic (exact) mass is 404 g/mol. The molecule has 1 heterocycles. The SMILES string of the molecule is O=P1(C(c2ccc(F)cc2)(c2ccc(F)cc2)c2ccc(F)cc2)OCCO1. The summed E-state index contributed by atoms with van der Waals surface area (Å²) in [6.45, 7) is 0.227. The van der Waals surface area contributed by atoms with Gasteiger partial charge >= 0.3 is 7.60 Å². The molecule has 1 aliphatic rings. The molecule has 1 aliphatic heterocycles. The Morgan fingerprint density at radius 1 is 0.607 bits per heavy atom. The molecule has 0 bridgehead atoms. The Bertz CT molecular complexity index is 897. The summed E-state index contributed by atoms with van der Waals surface area (Å²) in [5.41, 5.74) is 1.28. The molecule has 1 saturated heterocycles. The van der Waals surface area contributed by atoms with Gasteiger partial charge in [-0.1, -0.05) is 36.4 Å². The van der Waals surface area contributed by atoms with Crippen LogP contribution < -0.4 is 0 Å². The summed E-state index contributed by atoms with van der Waals surface area (Å²) in [7, 11) is -3.89. The van der Waals surface area contributed by atoms with Crippen LogP contribution in [0.5, 0.6) is 0 Å². The van der Waals surface area contributed by atoms with Gasteiger partial charge in [0.1, 0.15) is 22.6 Å². The van der Waals surface area contributed by atoms with Gasteiger partial charge in [-0.25, -0.2) is 13.2 Å². The Morgan fingerprint density at radius 2 is 0.893 bits per heavy atom. The van der Waals surface area contributed by atoms with E-state index in [1.165, 1.54) is 72.8 Å². The third kappa shape index (κ3) is 2.98. The van der Waals surface area contributed by atoms with E-state index in [0.717, 1.165) is 0 Å². The summed E-state index contributed by atoms with van der Waals surface area (Å²) in [6, 6.07) is 16.3. The first-order valence-electron chi connectivity index (χ1n) is 8.63. The molecule has 0 unspecified atom stereocenters. The van der Waals surface area contributed by atoms with Crippen LogP contribution in [0.3, 0.4) is 0 Å². The van der Waals surface area contributed by atoms with Crippen LogP contribution in [0.25, 0.3) is 0 Å². The third-order valence-corrected chi connectivity index (χ3v) is 7.44. The highest BCUT2D eigenvalue weighted by Gasteiger charge is 2.57. The Labute approximate surface area is 160 Å². The maximum atomic E-state index is 14.0. The highest BCUT2D eigenvalue weighted by atomic mass is 31.2. The largest absolute Gasteiger partial charge is 0.350 e. The molecule has 0 spiro atoms. The summed E-state index contributed by atoms with van der Waals surface area (Å²) >= 11 is 0. The van der Waals surface area contributed by atoms with Crippen LogP contribution in [0.1, 0.15) is 16.7 Å². The molecule has 4 rings (SSSR count). The second kappa shape index (κ2) is 7.21. The first-order valence-corrected chi connectivity index (χ1v) is 10.2. The summed E-state index contributed by atoms with van der Waals surface area (Å²) in [5.74, 6) is -1.41. The van der Waals surface area contributed by atoms with Gasteiger partial charge in [-0.2, -0.15) is 0 Å². The van der Waals surface area contributed by atoms with Crippen LogP contribution in [0.4, 0.5) is 13.2 Å². The number of halogens is 3. The fourth-order valence-electron chi connectivity index (χ4n) is 3.59. The molecule has 3 aromatic carbocycles. The Morgan fingerprint density at radius 3 is 1.18 bits per heavy atom. The van der Waals surface area contributed by atoms with Crippen LogP contribution in [0.15, 0.2) is 72.8 Å². The highest BCUT2D eigenvalue weighted by Crippen LogP contribution is 2.72. The van der Waals surface area contributed by atoms with Gasteiger partial charge in [0.2, 0.25) is 0 Å². The van der Waals surface area contributed by atoms with Crippen molar-refractivity contribution in [2.24, 2.45) is 0 Å². The second-order valence-corrected chi connectivity index (χ2v) is 8.58. The molecule has 28 heavy (non-hydrogen) atoms. The minimum Gasteiger partial charge on any atom is -0.305 e. The Kier molecular flexibility index (Phi) is 4.88. The van der Waals surface area contributed by atoms with Crippen molar-refractivity contribution in [2.45, 2.75) is 5.16 Å². The summed E-state index contributed by atoms with van der Waals surface area (Å²) < 4.78 is 66.1. The first-order chi connectivity index (χ1) is 13.5. The Balaban J connectivity index is 2.09. The summed E-state index contributed by atoms with van der Waals surface area (Å²) in [6.07, 6.45) is 0. The third-order valence-electron chi connectivity index (χ3n) is 4.80. The maximum absolute atomic E-state index is 14.0. The zero-order chi connectivity index (χ0) is 19.8. The average molecular weight is 404 g/mol. The molecule has 0 radical (unpaired) electrons. The smallest absolute Gasteiger partial charge is 0.305 e. The van der Waals surface area contributed by atoms with Crippen LogP contribution in [0.2, 0.25) is 0 Å². The molecule has 0 amide bonds. The van der Waals surface area contributed by atoms with Gasteiger partial charge in [0.15, 0.2) is 0 Å². The molecule has 0 saturated carbocycles. The van der Waals surface area contributed by atoms with Crippen LogP contribution >= 0.6 is 7.60 Å². The lowest BCUT2D eigenvalue weighted by Crippen LogP contribution is -2.30. The fraction of sp³-hybridized carbons (Fsp3) is 0.143. The maximum Gasteiger partial charge on any atom is 0.350 e. The van der Waals surface area contributed by atoms with Gasteiger partial charge < -0.3 is 9.05 Å². The van der Waals surface area contributed by atoms with Gasteiger partial charge in [0, 0.05) is 0 Å². The molecule has 7 heteroatoms. The second-order valence-electron chi connectivity index (χ2n) is 6.40. The van der Waals surface area contributed by atoms with E-state index >= 15 is 0 Å². The van der Waals surface area contributed by atoms with E-state index < -0.39 is 30.2 Å². The topological polar surface area (TPSA) is 35.5 Å².